The first-order chi connectivity index (χ1) is 8.02. The van der Waals surface area contributed by atoms with Crippen molar-refractivity contribution in [1.29, 1.82) is 0 Å². The normalized spacial score (nSPS) is 16.3. The van der Waals surface area contributed by atoms with Crippen LogP contribution in [0.15, 0.2) is 0 Å². The number of hydrogen-bond acceptors (Lipinski definition) is 3. The lowest BCUT2D eigenvalue weighted by Gasteiger charge is -2.24. The average Bonchev–Trinajstić information content (AvgIpc) is 2.32. The van der Waals surface area contributed by atoms with Crippen LogP contribution >= 0.6 is 0 Å². The fraction of sp³-hybridized carbons (Fsp3) is 0.923. The van der Waals surface area contributed by atoms with E-state index in [0.29, 0.717) is 25.1 Å². The number of methoxy groups -OCH3 is 1. The molecule has 102 valence electrons. The van der Waals surface area contributed by atoms with Gasteiger partial charge in [-0.2, -0.15) is 0 Å². The maximum Gasteiger partial charge on any atom is 0.236 e. The Hall–Kier alpha value is -0.610. The summed E-state index contributed by atoms with van der Waals surface area (Å²) in [6, 6.07) is 0.223. The van der Waals surface area contributed by atoms with E-state index in [4.69, 9.17) is 4.74 Å². The van der Waals surface area contributed by atoms with Gasteiger partial charge in [-0.05, 0) is 26.2 Å². The van der Waals surface area contributed by atoms with Crippen LogP contribution < -0.4 is 10.6 Å². The predicted molar refractivity (Wildman–Crippen MR) is 71.0 cm³/mol. The molecule has 0 aromatic rings. The maximum atomic E-state index is 11.7. The zero-order valence-corrected chi connectivity index (χ0v) is 11.9. The molecule has 0 bridgehead atoms. The van der Waals surface area contributed by atoms with Crippen LogP contribution in [0.2, 0.25) is 0 Å². The Balaban J connectivity index is 3.80. The highest BCUT2D eigenvalue weighted by atomic mass is 16.5. The minimum atomic E-state index is -0.137. The lowest BCUT2D eigenvalue weighted by atomic mass is 10.0. The number of ether oxygens (including phenoxy) is 1. The summed E-state index contributed by atoms with van der Waals surface area (Å²) >= 11 is 0. The fourth-order valence-corrected chi connectivity index (χ4v) is 1.57. The Labute approximate surface area is 105 Å². The highest BCUT2D eigenvalue weighted by Crippen LogP contribution is 2.07. The molecule has 3 atom stereocenters. The zero-order chi connectivity index (χ0) is 13.3. The summed E-state index contributed by atoms with van der Waals surface area (Å²) in [5.41, 5.74) is 0. The summed E-state index contributed by atoms with van der Waals surface area (Å²) in [6.07, 6.45) is 1.98. The minimum absolute atomic E-state index is 0.0660. The quantitative estimate of drug-likeness (QED) is 0.605. The Kier molecular flexibility index (Phi) is 9.09. The predicted octanol–water partition coefficient (Wildman–Crippen LogP) is 1.55. The van der Waals surface area contributed by atoms with Crippen molar-refractivity contribution >= 4 is 5.91 Å². The molecule has 0 heterocycles. The molecule has 4 nitrogen and oxygen atoms in total. The Morgan fingerprint density at radius 2 is 1.94 bits per heavy atom. The lowest BCUT2D eigenvalue weighted by Crippen LogP contribution is -2.47. The van der Waals surface area contributed by atoms with E-state index in [1.807, 2.05) is 6.92 Å². The van der Waals surface area contributed by atoms with E-state index in [-0.39, 0.29) is 11.9 Å². The minimum Gasteiger partial charge on any atom is -0.385 e. The average molecular weight is 244 g/mol. The van der Waals surface area contributed by atoms with E-state index in [9.17, 15) is 4.79 Å². The fourth-order valence-electron chi connectivity index (χ4n) is 1.57. The number of amides is 1. The Morgan fingerprint density at radius 3 is 2.47 bits per heavy atom. The van der Waals surface area contributed by atoms with E-state index < -0.39 is 0 Å². The third-order valence-corrected chi connectivity index (χ3v) is 3.23. The number of carbonyl (C=O) groups is 1. The topological polar surface area (TPSA) is 50.4 Å². The summed E-state index contributed by atoms with van der Waals surface area (Å²) in [6.45, 7) is 9.76. The van der Waals surface area contributed by atoms with Crippen molar-refractivity contribution < 1.29 is 9.53 Å². The maximum absolute atomic E-state index is 11.7. The van der Waals surface area contributed by atoms with Crippen LogP contribution in [0.4, 0.5) is 0 Å². The van der Waals surface area contributed by atoms with Gasteiger partial charge in [0.25, 0.3) is 0 Å². The van der Waals surface area contributed by atoms with Crippen LogP contribution in [0.3, 0.4) is 0 Å². The molecule has 17 heavy (non-hydrogen) atoms. The third kappa shape index (κ3) is 7.34. The van der Waals surface area contributed by atoms with Crippen molar-refractivity contribution in [2.24, 2.45) is 5.92 Å². The van der Waals surface area contributed by atoms with Gasteiger partial charge in [0.15, 0.2) is 0 Å². The molecule has 1 amide bonds. The molecule has 0 aliphatic rings. The van der Waals surface area contributed by atoms with Crippen LogP contribution in [-0.4, -0.2) is 38.3 Å². The lowest BCUT2D eigenvalue weighted by molar-refractivity contribution is -0.123. The van der Waals surface area contributed by atoms with Gasteiger partial charge in [0.05, 0.1) is 6.04 Å². The van der Waals surface area contributed by atoms with Crippen molar-refractivity contribution in [3.63, 3.8) is 0 Å². The van der Waals surface area contributed by atoms with E-state index in [1.54, 1.807) is 7.11 Å². The first-order valence-electron chi connectivity index (χ1n) is 6.55. The van der Waals surface area contributed by atoms with Crippen molar-refractivity contribution in [3.05, 3.63) is 0 Å². The van der Waals surface area contributed by atoms with Crippen LogP contribution in [0.5, 0.6) is 0 Å². The second-order valence-corrected chi connectivity index (χ2v) is 4.70. The SMILES string of the molecule is CCC(C)C(C)NC(C)C(=O)NCCCOC. The highest BCUT2D eigenvalue weighted by molar-refractivity contribution is 5.81. The molecule has 4 heteroatoms. The molecule has 0 fully saturated rings. The number of carbonyl (C=O) groups excluding carboxylic acids is 1. The second kappa shape index (κ2) is 9.42. The van der Waals surface area contributed by atoms with Gasteiger partial charge in [0.1, 0.15) is 0 Å². The monoisotopic (exact) mass is 244 g/mol. The van der Waals surface area contributed by atoms with Crippen molar-refractivity contribution in [2.75, 3.05) is 20.3 Å². The molecule has 0 rings (SSSR count). The highest BCUT2D eigenvalue weighted by Gasteiger charge is 2.17. The van der Waals surface area contributed by atoms with Gasteiger partial charge >= 0.3 is 0 Å². The van der Waals surface area contributed by atoms with E-state index in [1.165, 1.54) is 0 Å². The van der Waals surface area contributed by atoms with E-state index >= 15 is 0 Å². The number of nitrogens with one attached hydrogen (secondary N) is 2. The van der Waals surface area contributed by atoms with Gasteiger partial charge < -0.3 is 15.4 Å². The molecule has 0 radical (unpaired) electrons. The molecule has 0 saturated carbocycles. The van der Waals surface area contributed by atoms with Gasteiger partial charge in [0, 0.05) is 26.3 Å². The standard InChI is InChI=1S/C13H28N2O2/c1-6-10(2)11(3)15-12(4)13(16)14-8-7-9-17-5/h10-12,15H,6-9H2,1-5H3,(H,14,16). The molecule has 0 aromatic heterocycles. The van der Waals surface area contributed by atoms with E-state index in [0.717, 1.165) is 12.8 Å². The molecular weight excluding hydrogens is 216 g/mol. The Bertz CT molecular complexity index is 210. The molecular formula is C13H28N2O2. The van der Waals surface area contributed by atoms with Gasteiger partial charge in [-0.25, -0.2) is 0 Å². The summed E-state index contributed by atoms with van der Waals surface area (Å²) in [7, 11) is 1.67. The van der Waals surface area contributed by atoms with Gasteiger partial charge in [-0.15, -0.1) is 0 Å². The zero-order valence-electron chi connectivity index (χ0n) is 11.9. The van der Waals surface area contributed by atoms with Crippen LogP contribution in [-0.2, 0) is 9.53 Å². The molecule has 0 aliphatic carbocycles. The second-order valence-electron chi connectivity index (χ2n) is 4.70. The third-order valence-electron chi connectivity index (χ3n) is 3.23. The summed E-state index contributed by atoms with van der Waals surface area (Å²) in [4.78, 5) is 11.7. The smallest absolute Gasteiger partial charge is 0.236 e. The molecule has 0 spiro atoms. The van der Waals surface area contributed by atoms with Gasteiger partial charge in [-0.1, -0.05) is 20.3 Å². The summed E-state index contributed by atoms with van der Waals surface area (Å²) in [5, 5.41) is 6.23. The molecule has 0 saturated heterocycles. The summed E-state index contributed by atoms with van der Waals surface area (Å²) in [5.74, 6) is 0.648. The van der Waals surface area contributed by atoms with Gasteiger partial charge in [0.2, 0.25) is 5.91 Å². The Morgan fingerprint density at radius 1 is 1.29 bits per heavy atom. The molecule has 3 unspecified atom stereocenters. The molecule has 0 aliphatic heterocycles. The largest absolute Gasteiger partial charge is 0.385 e. The van der Waals surface area contributed by atoms with Gasteiger partial charge in [-0.3, -0.25) is 4.79 Å². The summed E-state index contributed by atoms with van der Waals surface area (Å²) < 4.78 is 4.93. The molecule has 2 N–H and O–H groups in total. The van der Waals surface area contributed by atoms with Crippen molar-refractivity contribution in [1.82, 2.24) is 10.6 Å². The van der Waals surface area contributed by atoms with Crippen LogP contribution in [0.25, 0.3) is 0 Å². The van der Waals surface area contributed by atoms with Crippen LogP contribution in [0.1, 0.15) is 40.5 Å². The van der Waals surface area contributed by atoms with Crippen molar-refractivity contribution in [2.45, 2.75) is 52.6 Å². The number of rotatable bonds is 9. The van der Waals surface area contributed by atoms with E-state index in [2.05, 4.69) is 31.4 Å². The molecule has 0 aromatic carbocycles. The number of hydrogen-bond donors (Lipinski definition) is 2. The van der Waals surface area contributed by atoms with Crippen LogP contribution in [0, 0.1) is 5.92 Å². The first-order valence-corrected chi connectivity index (χ1v) is 6.55. The first kappa shape index (κ1) is 16.4. The van der Waals surface area contributed by atoms with Crippen molar-refractivity contribution in [3.8, 4) is 0 Å².